The Morgan fingerprint density at radius 2 is 2.00 bits per heavy atom. The molecule has 0 aliphatic carbocycles. The van der Waals surface area contributed by atoms with Crippen LogP contribution in [0.5, 0.6) is 0 Å². The van der Waals surface area contributed by atoms with E-state index in [-0.39, 0.29) is 5.91 Å². The number of nitrogens with zero attached hydrogens (tertiary/aromatic N) is 3. The highest BCUT2D eigenvalue weighted by Crippen LogP contribution is 2.24. The van der Waals surface area contributed by atoms with Crippen LogP contribution in [0.1, 0.15) is 39.0 Å². The number of aromatic nitrogens is 2. The molecule has 1 aliphatic heterocycles. The van der Waals surface area contributed by atoms with Gasteiger partial charge in [0.05, 0.1) is 13.2 Å². The van der Waals surface area contributed by atoms with Crippen molar-refractivity contribution in [3.8, 4) is 0 Å². The summed E-state index contributed by atoms with van der Waals surface area (Å²) in [6.07, 6.45) is 0.677. The maximum absolute atomic E-state index is 12.6. The fourth-order valence-corrected chi connectivity index (χ4v) is 2.89. The Morgan fingerprint density at radius 3 is 2.70 bits per heavy atom. The molecule has 3 rings (SSSR count). The summed E-state index contributed by atoms with van der Waals surface area (Å²) in [5.41, 5.74) is 2.75. The second-order valence-electron chi connectivity index (χ2n) is 5.46. The Balaban J connectivity index is 1.88. The van der Waals surface area contributed by atoms with E-state index in [1.54, 1.807) is 28.6 Å². The Hall–Kier alpha value is -2.63. The summed E-state index contributed by atoms with van der Waals surface area (Å²) in [6, 6.07) is 9.17. The van der Waals surface area contributed by atoms with Crippen LogP contribution in [0.4, 0.5) is 0 Å². The van der Waals surface area contributed by atoms with Crippen molar-refractivity contribution >= 4 is 11.9 Å². The SMILES string of the molecule is CCOC(=O)c1nn(C)c2c1CN(C(=O)c1ccccc1)CC2. The first-order chi connectivity index (χ1) is 11.1. The summed E-state index contributed by atoms with van der Waals surface area (Å²) in [5, 5.41) is 4.28. The fraction of sp³-hybridized carbons (Fsp3) is 0.353. The number of hydrogen-bond donors (Lipinski definition) is 0. The van der Waals surface area contributed by atoms with Crippen molar-refractivity contribution in [1.82, 2.24) is 14.7 Å². The third-order valence-electron chi connectivity index (χ3n) is 4.02. The lowest BCUT2D eigenvalue weighted by atomic mass is 10.0. The Morgan fingerprint density at radius 1 is 1.26 bits per heavy atom. The van der Waals surface area contributed by atoms with Gasteiger partial charge in [-0.1, -0.05) is 18.2 Å². The lowest BCUT2D eigenvalue weighted by Crippen LogP contribution is -2.36. The standard InChI is InChI=1S/C17H19N3O3/c1-3-23-17(22)15-13-11-20(10-9-14(13)19(2)18-15)16(21)12-7-5-4-6-8-12/h4-8H,3,9-11H2,1-2H3. The van der Waals surface area contributed by atoms with Crippen LogP contribution >= 0.6 is 0 Å². The molecule has 1 amide bonds. The van der Waals surface area contributed by atoms with Crippen molar-refractivity contribution in [2.75, 3.05) is 13.2 Å². The molecule has 0 unspecified atom stereocenters. The van der Waals surface area contributed by atoms with Crippen molar-refractivity contribution in [1.29, 1.82) is 0 Å². The average Bonchev–Trinajstić information content (AvgIpc) is 2.92. The number of rotatable bonds is 3. The molecule has 0 N–H and O–H groups in total. The van der Waals surface area contributed by atoms with Gasteiger partial charge in [-0.15, -0.1) is 0 Å². The largest absolute Gasteiger partial charge is 0.461 e. The van der Waals surface area contributed by atoms with Gasteiger partial charge in [0, 0.05) is 36.8 Å². The quantitative estimate of drug-likeness (QED) is 0.811. The van der Waals surface area contributed by atoms with E-state index in [1.165, 1.54) is 0 Å². The number of fused-ring (bicyclic) bond motifs is 1. The molecule has 0 radical (unpaired) electrons. The smallest absolute Gasteiger partial charge is 0.359 e. The van der Waals surface area contributed by atoms with Crippen LogP contribution in [0.2, 0.25) is 0 Å². The molecule has 6 nitrogen and oxygen atoms in total. The van der Waals surface area contributed by atoms with Crippen LogP contribution in [-0.4, -0.2) is 39.7 Å². The van der Waals surface area contributed by atoms with Gasteiger partial charge in [-0.05, 0) is 19.1 Å². The first kappa shape index (κ1) is 15.3. The molecule has 1 aromatic carbocycles. The van der Waals surface area contributed by atoms with Gasteiger partial charge in [-0.2, -0.15) is 5.10 Å². The average molecular weight is 313 g/mol. The zero-order chi connectivity index (χ0) is 16.4. The van der Waals surface area contributed by atoms with E-state index in [0.717, 1.165) is 11.3 Å². The molecule has 120 valence electrons. The molecule has 0 atom stereocenters. The van der Waals surface area contributed by atoms with E-state index < -0.39 is 5.97 Å². The number of aryl methyl sites for hydroxylation is 1. The summed E-state index contributed by atoms with van der Waals surface area (Å²) >= 11 is 0. The Bertz CT molecular complexity index is 737. The van der Waals surface area contributed by atoms with Gasteiger partial charge in [0.1, 0.15) is 0 Å². The van der Waals surface area contributed by atoms with Gasteiger partial charge in [-0.25, -0.2) is 4.79 Å². The summed E-state index contributed by atoms with van der Waals surface area (Å²) in [5.74, 6) is -0.465. The number of ether oxygens (including phenoxy) is 1. The molecular formula is C17H19N3O3. The molecule has 0 bridgehead atoms. The van der Waals surface area contributed by atoms with Crippen molar-refractivity contribution in [3.63, 3.8) is 0 Å². The zero-order valence-electron chi connectivity index (χ0n) is 13.3. The van der Waals surface area contributed by atoms with E-state index in [2.05, 4.69) is 5.10 Å². The third kappa shape index (κ3) is 2.84. The molecule has 6 heteroatoms. The maximum atomic E-state index is 12.6. The number of amides is 1. The second kappa shape index (κ2) is 6.24. The number of esters is 1. The molecule has 23 heavy (non-hydrogen) atoms. The van der Waals surface area contributed by atoms with Gasteiger partial charge < -0.3 is 9.64 Å². The highest BCUT2D eigenvalue weighted by molar-refractivity contribution is 5.95. The van der Waals surface area contributed by atoms with Crippen LogP contribution in [0.15, 0.2) is 30.3 Å². The monoisotopic (exact) mass is 313 g/mol. The molecule has 0 spiro atoms. The first-order valence-electron chi connectivity index (χ1n) is 7.68. The normalized spacial score (nSPS) is 13.6. The van der Waals surface area contributed by atoms with Gasteiger partial charge in [0.25, 0.3) is 5.91 Å². The fourth-order valence-electron chi connectivity index (χ4n) is 2.89. The summed E-state index contributed by atoms with van der Waals surface area (Å²) in [7, 11) is 1.82. The van der Waals surface area contributed by atoms with Gasteiger partial charge >= 0.3 is 5.97 Å². The minimum Gasteiger partial charge on any atom is -0.461 e. The van der Waals surface area contributed by atoms with E-state index >= 15 is 0 Å². The minimum absolute atomic E-state index is 0.0325. The number of carbonyl (C=O) groups is 2. The predicted molar refractivity (Wildman–Crippen MR) is 84.1 cm³/mol. The molecule has 1 aromatic heterocycles. The highest BCUT2D eigenvalue weighted by Gasteiger charge is 2.30. The van der Waals surface area contributed by atoms with Crippen LogP contribution in [-0.2, 0) is 24.8 Å². The summed E-state index contributed by atoms with van der Waals surface area (Å²) in [4.78, 5) is 26.4. The Labute approximate surface area is 134 Å². The van der Waals surface area contributed by atoms with Crippen molar-refractivity contribution in [2.45, 2.75) is 19.9 Å². The molecule has 2 aromatic rings. The van der Waals surface area contributed by atoms with Crippen molar-refractivity contribution in [2.24, 2.45) is 7.05 Å². The van der Waals surface area contributed by atoms with Gasteiger partial charge in [0.2, 0.25) is 0 Å². The van der Waals surface area contributed by atoms with Crippen LogP contribution < -0.4 is 0 Å². The first-order valence-corrected chi connectivity index (χ1v) is 7.68. The van der Waals surface area contributed by atoms with Gasteiger partial charge in [0.15, 0.2) is 5.69 Å². The lowest BCUT2D eigenvalue weighted by molar-refractivity contribution is 0.0513. The van der Waals surface area contributed by atoms with Crippen molar-refractivity contribution in [3.05, 3.63) is 52.8 Å². The molecule has 0 saturated carbocycles. The lowest BCUT2D eigenvalue weighted by Gasteiger charge is -2.27. The van der Waals surface area contributed by atoms with Crippen LogP contribution in [0, 0.1) is 0 Å². The van der Waals surface area contributed by atoms with E-state index in [4.69, 9.17) is 4.74 Å². The van der Waals surface area contributed by atoms with E-state index in [9.17, 15) is 9.59 Å². The molecule has 1 aliphatic rings. The van der Waals surface area contributed by atoms with Crippen LogP contribution in [0.3, 0.4) is 0 Å². The highest BCUT2D eigenvalue weighted by atomic mass is 16.5. The molecule has 2 heterocycles. The summed E-state index contributed by atoms with van der Waals surface area (Å²) < 4.78 is 6.78. The van der Waals surface area contributed by atoms with Gasteiger partial charge in [-0.3, -0.25) is 9.48 Å². The zero-order valence-corrected chi connectivity index (χ0v) is 13.3. The van der Waals surface area contributed by atoms with E-state index in [1.807, 2.05) is 25.2 Å². The molecular weight excluding hydrogens is 294 g/mol. The van der Waals surface area contributed by atoms with E-state index in [0.29, 0.717) is 37.4 Å². The third-order valence-corrected chi connectivity index (χ3v) is 4.02. The minimum atomic E-state index is -0.432. The number of carbonyl (C=O) groups excluding carboxylic acids is 2. The van der Waals surface area contributed by atoms with Crippen LogP contribution in [0.25, 0.3) is 0 Å². The topological polar surface area (TPSA) is 64.4 Å². The molecule has 0 fully saturated rings. The Kier molecular flexibility index (Phi) is 4.14. The molecule has 0 saturated heterocycles. The number of hydrogen-bond acceptors (Lipinski definition) is 4. The second-order valence-corrected chi connectivity index (χ2v) is 5.46. The summed E-state index contributed by atoms with van der Waals surface area (Å²) in [6.45, 7) is 3.06. The van der Waals surface area contributed by atoms with Crippen molar-refractivity contribution < 1.29 is 14.3 Å². The predicted octanol–water partition coefficient (Wildman–Crippen LogP) is 1.80. The maximum Gasteiger partial charge on any atom is 0.359 e. The number of benzene rings is 1.